The van der Waals surface area contributed by atoms with Gasteiger partial charge in [-0.1, -0.05) is 11.8 Å². The molecule has 0 aliphatic heterocycles. The number of H-pyrrole nitrogens is 1. The van der Waals surface area contributed by atoms with Gasteiger partial charge in [-0.3, -0.25) is 0 Å². The first kappa shape index (κ1) is 16.6. The second kappa shape index (κ2) is 6.01. The van der Waals surface area contributed by atoms with Crippen LogP contribution in [0.5, 0.6) is 5.75 Å². The highest BCUT2D eigenvalue weighted by Crippen LogP contribution is 2.41. The van der Waals surface area contributed by atoms with E-state index >= 15 is 0 Å². The number of aromatic nitrogens is 1. The number of hydrogen-bond acceptors (Lipinski definition) is 2. The first-order valence-corrected chi connectivity index (χ1v) is 7.52. The van der Waals surface area contributed by atoms with Crippen molar-refractivity contribution < 1.29 is 26.7 Å². The summed E-state index contributed by atoms with van der Waals surface area (Å²) in [5.74, 6) is -9.31. The maximum absolute atomic E-state index is 13.9. The number of aromatic amines is 1. The van der Waals surface area contributed by atoms with E-state index in [-0.39, 0.29) is 0 Å². The summed E-state index contributed by atoms with van der Waals surface area (Å²) in [4.78, 5) is 2.40. The monoisotopic (exact) mass is 359 g/mol. The summed E-state index contributed by atoms with van der Waals surface area (Å²) in [6.45, 7) is 1.64. The smallest absolute Gasteiger partial charge is 0.200 e. The first-order valence-electron chi connectivity index (χ1n) is 6.70. The third kappa shape index (κ3) is 2.50. The van der Waals surface area contributed by atoms with Crippen LogP contribution in [0.15, 0.2) is 28.0 Å². The minimum Gasteiger partial charge on any atom is -0.497 e. The van der Waals surface area contributed by atoms with E-state index in [0.29, 0.717) is 39.0 Å². The first-order chi connectivity index (χ1) is 11.3. The highest BCUT2D eigenvalue weighted by atomic mass is 32.2. The van der Waals surface area contributed by atoms with Crippen molar-refractivity contribution in [1.82, 2.24) is 4.98 Å². The van der Waals surface area contributed by atoms with Gasteiger partial charge >= 0.3 is 0 Å². The Hall–Kier alpha value is -2.22. The van der Waals surface area contributed by atoms with Gasteiger partial charge in [-0.2, -0.15) is 0 Å². The number of nitrogens with one attached hydrogen (secondary N) is 1. The molecule has 0 fully saturated rings. The molecule has 0 unspecified atom stereocenters. The molecule has 0 saturated carbocycles. The van der Waals surface area contributed by atoms with Crippen LogP contribution in [0.2, 0.25) is 0 Å². The van der Waals surface area contributed by atoms with Gasteiger partial charge in [-0.15, -0.1) is 0 Å². The van der Waals surface area contributed by atoms with E-state index in [4.69, 9.17) is 4.74 Å². The Morgan fingerprint density at radius 2 is 1.46 bits per heavy atom. The van der Waals surface area contributed by atoms with Crippen molar-refractivity contribution >= 4 is 22.7 Å². The van der Waals surface area contributed by atoms with E-state index in [9.17, 15) is 22.0 Å². The molecule has 8 heteroatoms. The molecule has 3 rings (SSSR count). The van der Waals surface area contributed by atoms with Crippen molar-refractivity contribution in [3.05, 3.63) is 53.0 Å². The minimum atomic E-state index is -2.17. The number of fused-ring (bicyclic) bond motifs is 1. The van der Waals surface area contributed by atoms with Crippen molar-refractivity contribution in [2.24, 2.45) is 0 Å². The number of hydrogen-bond donors (Lipinski definition) is 1. The Labute approximate surface area is 137 Å². The number of benzene rings is 2. The average Bonchev–Trinajstić information content (AvgIpc) is 2.89. The molecule has 0 aliphatic carbocycles. The molecule has 0 radical (unpaired) electrons. The van der Waals surface area contributed by atoms with Gasteiger partial charge in [-0.05, 0) is 25.1 Å². The summed E-state index contributed by atoms with van der Waals surface area (Å²) in [6.07, 6.45) is 0. The van der Waals surface area contributed by atoms with Crippen molar-refractivity contribution in [1.29, 1.82) is 0 Å². The summed E-state index contributed by atoms with van der Waals surface area (Å²) in [7, 11) is 1.46. The Morgan fingerprint density at radius 3 is 2.04 bits per heavy atom. The summed E-state index contributed by atoms with van der Waals surface area (Å²) >= 11 is 0.476. The minimum absolute atomic E-state index is 0.354. The lowest BCUT2D eigenvalue weighted by Crippen LogP contribution is -2.03. The molecule has 1 heterocycles. The number of methoxy groups -OCH3 is 1. The molecule has 3 aromatic rings. The lowest BCUT2D eigenvalue weighted by Gasteiger charge is -2.08. The zero-order chi connectivity index (χ0) is 17.6. The normalized spacial score (nSPS) is 11.3. The Morgan fingerprint density at radius 1 is 0.875 bits per heavy atom. The Kier molecular flexibility index (Phi) is 4.16. The maximum atomic E-state index is 13.9. The summed E-state index contributed by atoms with van der Waals surface area (Å²) in [5, 5.41) is 0.556. The van der Waals surface area contributed by atoms with Crippen LogP contribution in [-0.2, 0) is 0 Å². The highest BCUT2D eigenvalue weighted by Gasteiger charge is 2.27. The molecule has 1 aromatic heterocycles. The van der Waals surface area contributed by atoms with E-state index in [1.54, 1.807) is 25.1 Å². The highest BCUT2D eigenvalue weighted by molar-refractivity contribution is 7.99. The fourth-order valence-electron chi connectivity index (χ4n) is 2.32. The van der Waals surface area contributed by atoms with E-state index in [1.165, 1.54) is 7.11 Å². The molecular formula is C16H10F5NOS. The molecule has 126 valence electrons. The molecule has 0 bridgehead atoms. The molecule has 0 spiro atoms. The van der Waals surface area contributed by atoms with E-state index in [2.05, 4.69) is 4.98 Å². The van der Waals surface area contributed by atoms with Gasteiger partial charge in [0.25, 0.3) is 0 Å². The van der Waals surface area contributed by atoms with E-state index < -0.39 is 34.0 Å². The standard InChI is InChI=1S/C16H10F5NOS/c1-6-15(8-5-7(23-2)3-4-9(8)22-6)24-16-13(20)11(18)10(17)12(19)14(16)21/h3-5,22H,1-2H3. The van der Waals surface area contributed by atoms with Crippen LogP contribution in [0, 0.1) is 36.0 Å². The SMILES string of the molecule is COc1ccc2[nH]c(C)c(Sc3c(F)c(F)c(F)c(F)c3F)c2c1. The van der Waals surface area contributed by atoms with Crippen molar-refractivity contribution in [3.8, 4) is 5.75 Å². The predicted molar refractivity (Wildman–Crippen MR) is 79.9 cm³/mol. The molecule has 0 saturated heterocycles. The van der Waals surface area contributed by atoms with Crippen LogP contribution >= 0.6 is 11.8 Å². The Balaban J connectivity index is 2.19. The van der Waals surface area contributed by atoms with E-state index in [1.807, 2.05) is 0 Å². The molecule has 24 heavy (non-hydrogen) atoms. The summed E-state index contributed by atoms with van der Waals surface area (Å²) < 4.78 is 72.8. The Bertz CT molecular complexity index is 925. The van der Waals surface area contributed by atoms with Gasteiger partial charge in [-0.25, -0.2) is 22.0 Å². The predicted octanol–water partition coefficient (Wildman–Crippen LogP) is 5.33. The van der Waals surface area contributed by atoms with Crippen LogP contribution in [0.25, 0.3) is 10.9 Å². The van der Waals surface area contributed by atoms with Gasteiger partial charge in [0.15, 0.2) is 23.3 Å². The number of rotatable bonds is 3. The fraction of sp³-hybridized carbons (Fsp3) is 0.125. The lowest BCUT2D eigenvalue weighted by atomic mass is 10.2. The molecule has 2 nitrogen and oxygen atoms in total. The van der Waals surface area contributed by atoms with Gasteiger partial charge < -0.3 is 9.72 Å². The van der Waals surface area contributed by atoms with Crippen LogP contribution in [-0.4, -0.2) is 12.1 Å². The molecule has 0 atom stereocenters. The number of ether oxygens (including phenoxy) is 1. The van der Waals surface area contributed by atoms with Crippen LogP contribution in [0.3, 0.4) is 0 Å². The quantitative estimate of drug-likeness (QED) is 0.388. The van der Waals surface area contributed by atoms with Crippen molar-refractivity contribution in [2.75, 3.05) is 7.11 Å². The zero-order valence-corrected chi connectivity index (χ0v) is 13.3. The average molecular weight is 359 g/mol. The van der Waals surface area contributed by atoms with Gasteiger partial charge in [0.1, 0.15) is 5.75 Å². The molecular weight excluding hydrogens is 349 g/mol. The van der Waals surface area contributed by atoms with Crippen molar-refractivity contribution in [2.45, 2.75) is 16.7 Å². The zero-order valence-electron chi connectivity index (χ0n) is 12.4. The van der Waals surface area contributed by atoms with Crippen LogP contribution in [0.4, 0.5) is 22.0 Å². The second-order valence-corrected chi connectivity index (χ2v) is 6.01. The second-order valence-electron chi connectivity index (χ2n) is 4.99. The summed E-state index contributed by atoms with van der Waals surface area (Å²) in [6, 6.07) is 5.00. The van der Waals surface area contributed by atoms with Crippen LogP contribution < -0.4 is 4.74 Å². The lowest BCUT2D eigenvalue weighted by molar-refractivity contribution is 0.361. The van der Waals surface area contributed by atoms with Gasteiger partial charge in [0.2, 0.25) is 5.82 Å². The molecule has 0 aliphatic rings. The van der Waals surface area contributed by atoms with Crippen molar-refractivity contribution in [3.63, 3.8) is 0 Å². The third-order valence-electron chi connectivity index (χ3n) is 3.51. The van der Waals surface area contributed by atoms with Crippen LogP contribution in [0.1, 0.15) is 5.69 Å². The van der Waals surface area contributed by atoms with Gasteiger partial charge in [0.05, 0.1) is 12.0 Å². The molecule has 2 aromatic carbocycles. The molecule has 1 N–H and O–H groups in total. The summed E-state index contributed by atoms with van der Waals surface area (Å²) in [5.41, 5.74) is 1.19. The number of aryl methyl sites for hydroxylation is 1. The van der Waals surface area contributed by atoms with E-state index in [0.717, 1.165) is 0 Å². The fourth-order valence-corrected chi connectivity index (χ4v) is 3.36. The topological polar surface area (TPSA) is 25.0 Å². The number of halogens is 5. The third-order valence-corrected chi connectivity index (χ3v) is 4.80. The molecule has 0 amide bonds. The maximum Gasteiger partial charge on any atom is 0.200 e. The van der Waals surface area contributed by atoms with Gasteiger partial charge in [0, 0.05) is 21.5 Å². The largest absolute Gasteiger partial charge is 0.497 e.